The van der Waals surface area contributed by atoms with Crippen LogP contribution in [0.3, 0.4) is 0 Å². The molecule has 1 N–H and O–H groups in total. The molecule has 0 spiro atoms. The van der Waals surface area contributed by atoms with Crippen molar-refractivity contribution in [2.75, 3.05) is 9.91 Å². The van der Waals surface area contributed by atoms with Crippen LogP contribution in [-0.4, -0.2) is 28.5 Å². The molecule has 1 saturated heterocycles. The van der Waals surface area contributed by atoms with Crippen LogP contribution in [0, 0.1) is 11.7 Å². The first-order valence-electron chi connectivity index (χ1n) is 8.98. The van der Waals surface area contributed by atoms with Crippen molar-refractivity contribution < 1.29 is 18.8 Å². The Labute approximate surface area is 176 Å². The van der Waals surface area contributed by atoms with Gasteiger partial charge >= 0.3 is 0 Å². The number of anilines is 2. The van der Waals surface area contributed by atoms with E-state index < -0.39 is 23.5 Å². The maximum absolute atomic E-state index is 13.2. The predicted molar refractivity (Wildman–Crippen MR) is 113 cm³/mol. The summed E-state index contributed by atoms with van der Waals surface area (Å²) in [6, 6.07) is 13.9. The van der Waals surface area contributed by atoms with Crippen LogP contribution >= 0.6 is 12.2 Å². The fourth-order valence-corrected chi connectivity index (χ4v) is 3.48. The molecule has 0 radical (unpaired) electrons. The lowest BCUT2D eigenvalue weighted by Crippen LogP contribution is -2.54. The van der Waals surface area contributed by atoms with Gasteiger partial charge in [0.1, 0.15) is 11.4 Å². The lowest BCUT2D eigenvalue weighted by Gasteiger charge is -2.29. The van der Waals surface area contributed by atoms with E-state index in [0.717, 1.165) is 4.90 Å². The fourth-order valence-electron chi connectivity index (χ4n) is 3.19. The molecule has 1 atom stereocenters. The minimum absolute atomic E-state index is 0.122. The number of nitrogens with one attached hydrogen (secondary N) is 1. The first-order chi connectivity index (χ1) is 14.4. The average Bonchev–Trinajstić information content (AvgIpc) is 3.01. The zero-order valence-corrected chi connectivity index (χ0v) is 16.5. The molecular formula is C21H15FN4O3S. The fraction of sp³-hybridized carbons (Fsp3) is 0.0952. The highest BCUT2D eigenvalue weighted by Gasteiger charge is 2.39. The number of nitrogens with zero attached hydrogens (tertiary/aromatic N) is 3. The Hall–Kier alpha value is -3.72. The van der Waals surface area contributed by atoms with Crippen LogP contribution in [0.4, 0.5) is 15.8 Å². The van der Waals surface area contributed by atoms with Crippen molar-refractivity contribution in [2.45, 2.75) is 6.92 Å². The molecule has 150 valence electrons. The van der Waals surface area contributed by atoms with Crippen LogP contribution in [0.25, 0.3) is 0 Å². The molecule has 2 aliphatic rings. The van der Waals surface area contributed by atoms with Gasteiger partial charge in [-0.05, 0) is 61.6 Å². The second-order valence-corrected chi connectivity index (χ2v) is 7.05. The van der Waals surface area contributed by atoms with Gasteiger partial charge in [-0.15, -0.1) is 0 Å². The van der Waals surface area contributed by atoms with Crippen molar-refractivity contribution in [3.63, 3.8) is 0 Å². The molecule has 0 saturated carbocycles. The van der Waals surface area contributed by atoms with E-state index in [1.165, 1.54) is 35.4 Å². The molecule has 7 nitrogen and oxygen atoms in total. The molecule has 2 heterocycles. The number of hydrogen-bond acceptors (Lipinski definition) is 5. The van der Waals surface area contributed by atoms with Gasteiger partial charge in [-0.3, -0.25) is 24.6 Å². The van der Waals surface area contributed by atoms with Gasteiger partial charge in [-0.1, -0.05) is 18.2 Å². The average molecular weight is 422 g/mol. The van der Waals surface area contributed by atoms with Crippen LogP contribution in [-0.2, 0) is 14.4 Å². The van der Waals surface area contributed by atoms with Crippen LogP contribution < -0.4 is 15.2 Å². The van der Waals surface area contributed by atoms with Crippen molar-refractivity contribution in [2.24, 2.45) is 11.0 Å². The van der Waals surface area contributed by atoms with Gasteiger partial charge in [0.05, 0.1) is 23.0 Å². The molecule has 0 bridgehead atoms. The lowest BCUT2D eigenvalue weighted by atomic mass is 9.98. The Morgan fingerprint density at radius 2 is 1.70 bits per heavy atom. The summed E-state index contributed by atoms with van der Waals surface area (Å²) in [5.74, 6) is -3.14. The predicted octanol–water partition coefficient (Wildman–Crippen LogP) is 2.54. The van der Waals surface area contributed by atoms with Gasteiger partial charge in [0.2, 0.25) is 0 Å². The van der Waals surface area contributed by atoms with E-state index in [2.05, 4.69) is 10.4 Å². The second kappa shape index (κ2) is 7.60. The van der Waals surface area contributed by atoms with Crippen molar-refractivity contribution in [3.8, 4) is 0 Å². The molecule has 3 amide bonds. The number of hydrogen-bond donors (Lipinski definition) is 1. The van der Waals surface area contributed by atoms with Crippen LogP contribution in [0.1, 0.15) is 6.92 Å². The SMILES string of the molecule is CC1=NN(c2ccccc2)C(=O)C1C=C1C(=O)NC(=S)N(c2ccc(F)cc2)C1=O. The van der Waals surface area contributed by atoms with E-state index in [9.17, 15) is 18.8 Å². The number of carbonyl (C=O) groups is 3. The molecular weight excluding hydrogens is 407 g/mol. The maximum atomic E-state index is 13.2. The smallest absolute Gasteiger partial charge is 0.269 e. The molecule has 2 aliphatic heterocycles. The van der Waals surface area contributed by atoms with Gasteiger partial charge in [-0.2, -0.15) is 10.1 Å². The van der Waals surface area contributed by atoms with E-state index in [1.807, 2.05) is 6.07 Å². The standard InChI is InChI=1S/C21H15FN4O3S/c1-12-16(20(29)26(24-12)15-5-3-2-4-6-15)11-17-18(27)23-21(30)25(19(17)28)14-9-7-13(22)8-10-14/h2-11,16H,1H3,(H,23,27,30). The summed E-state index contributed by atoms with van der Waals surface area (Å²) in [7, 11) is 0. The summed E-state index contributed by atoms with van der Waals surface area (Å²) in [4.78, 5) is 39.5. The topological polar surface area (TPSA) is 82.1 Å². The Balaban J connectivity index is 1.67. The van der Waals surface area contributed by atoms with Crippen LogP contribution in [0.5, 0.6) is 0 Å². The van der Waals surface area contributed by atoms with Crippen LogP contribution in [0.15, 0.2) is 71.3 Å². The quantitative estimate of drug-likeness (QED) is 0.468. The van der Waals surface area contributed by atoms with Gasteiger partial charge < -0.3 is 0 Å². The highest BCUT2D eigenvalue weighted by atomic mass is 32.1. The summed E-state index contributed by atoms with van der Waals surface area (Å²) in [6.45, 7) is 1.65. The Morgan fingerprint density at radius 3 is 2.37 bits per heavy atom. The summed E-state index contributed by atoms with van der Waals surface area (Å²) in [5, 5.41) is 7.83. The zero-order chi connectivity index (χ0) is 21.4. The lowest BCUT2D eigenvalue weighted by molar-refractivity contribution is -0.122. The molecule has 2 aromatic carbocycles. The normalized spacial score (nSPS) is 20.7. The molecule has 2 aromatic rings. The Morgan fingerprint density at radius 1 is 1.03 bits per heavy atom. The zero-order valence-electron chi connectivity index (χ0n) is 15.7. The van der Waals surface area contributed by atoms with E-state index >= 15 is 0 Å². The van der Waals surface area contributed by atoms with Crippen molar-refractivity contribution >= 4 is 52.1 Å². The van der Waals surface area contributed by atoms with E-state index in [-0.39, 0.29) is 16.6 Å². The van der Waals surface area contributed by atoms with E-state index in [4.69, 9.17) is 12.2 Å². The third-order valence-electron chi connectivity index (χ3n) is 4.70. The minimum atomic E-state index is -0.878. The number of amides is 3. The van der Waals surface area contributed by atoms with Crippen molar-refractivity contribution in [3.05, 3.63) is 72.1 Å². The van der Waals surface area contributed by atoms with Gasteiger partial charge in [0.15, 0.2) is 5.11 Å². The monoisotopic (exact) mass is 422 g/mol. The maximum Gasteiger partial charge on any atom is 0.269 e. The van der Waals surface area contributed by atoms with E-state index in [1.54, 1.807) is 31.2 Å². The van der Waals surface area contributed by atoms with Crippen molar-refractivity contribution in [1.29, 1.82) is 0 Å². The number of benzene rings is 2. The van der Waals surface area contributed by atoms with E-state index in [0.29, 0.717) is 17.1 Å². The highest BCUT2D eigenvalue weighted by molar-refractivity contribution is 7.80. The number of carbonyl (C=O) groups excluding carboxylic acids is 3. The molecule has 1 fully saturated rings. The third-order valence-corrected chi connectivity index (χ3v) is 4.99. The minimum Gasteiger partial charge on any atom is -0.298 e. The van der Waals surface area contributed by atoms with Crippen LogP contribution in [0.2, 0.25) is 0 Å². The molecule has 0 aromatic heterocycles. The molecule has 1 unspecified atom stereocenters. The number of rotatable bonds is 3. The Kier molecular flexibility index (Phi) is 4.96. The first-order valence-corrected chi connectivity index (χ1v) is 9.39. The first kappa shape index (κ1) is 19.6. The molecule has 4 rings (SSSR count). The molecule has 0 aliphatic carbocycles. The number of para-hydroxylation sites is 1. The third kappa shape index (κ3) is 3.39. The molecule has 9 heteroatoms. The largest absolute Gasteiger partial charge is 0.298 e. The highest BCUT2D eigenvalue weighted by Crippen LogP contribution is 2.27. The number of hydrazone groups is 1. The Bertz CT molecular complexity index is 1130. The summed E-state index contributed by atoms with van der Waals surface area (Å²) in [5.41, 5.74) is 1.08. The van der Waals surface area contributed by atoms with Gasteiger partial charge in [0, 0.05) is 0 Å². The summed E-state index contributed by atoms with van der Waals surface area (Å²) in [6.07, 6.45) is 1.29. The summed E-state index contributed by atoms with van der Waals surface area (Å²) >= 11 is 5.11. The van der Waals surface area contributed by atoms with Gasteiger partial charge in [-0.25, -0.2) is 4.39 Å². The number of thiocarbonyl (C=S) groups is 1. The summed E-state index contributed by atoms with van der Waals surface area (Å²) < 4.78 is 13.2. The molecule has 30 heavy (non-hydrogen) atoms. The number of halogens is 1. The second-order valence-electron chi connectivity index (χ2n) is 6.66. The van der Waals surface area contributed by atoms with Crippen molar-refractivity contribution in [1.82, 2.24) is 5.32 Å². The van der Waals surface area contributed by atoms with Gasteiger partial charge in [0.25, 0.3) is 17.7 Å².